The number of nitrogens with zero attached hydrogens (tertiary/aromatic N) is 2. The van der Waals surface area contributed by atoms with Gasteiger partial charge in [-0.3, -0.25) is 4.99 Å². The topological polar surface area (TPSA) is 80.2 Å². The van der Waals surface area contributed by atoms with Crippen molar-refractivity contribution in [1.29, 1.82) is 0 Å². The van der Waals surface area contributed by atoms with Crippen LogP contribution in [-0.4, -0.2) is 83.4 Å². The molecule has 7 nitrogen and oxygen atoms in total. The second kappa shape index (κ2) is 12.4. The van der Waals surface area contributed by atoms with Crippen molar-refractivity contribution in [1.82, 2.24) is 10.2 Å². The van der Waals surface area contributed by atoms with Crippen molar-refractivity contribution in [3.63, 3.8) is 0 Å². The highest BCUT2D eigenvalue weighted by molar-refractivity contribution is 14.0. The summed E-state index contributed by atoms with van der Waals surface area (Å²) in [5.41, 5.74) is 0. The molecule has 0 aromatic carbocycles. The average molecular weight is 503 g/mol. The number of nitrogens with one attached hydrogen (secondary N) is 1. The Hall–Kier alpha value is -0.130. The summed E-state index contributed by atoms with van der Waals surface area (Å²) >= 11 is 0. The maximum Gasteiger partial charge on any atom is 0.193 e. The van der Waals surface area contributed by atoms with E-state index in [1.807, 2.05) is 0 Å². The van der Waals surface area contributed by atoms with Crippen molar-refractivity contribution in [3.8, 4) is 0 Å². The van der Waals surface area contributed by atoms with Crippen LogP contribution in [0, 0.1) is 0 Å². The number of ether oxygens (including phenoxy) is 2. The lowest BCUT2D eigenvalue weighted by atomic mass is 10.1. The number of aliphatic imine (C=N–C) groups is 1. The molecule has 0 aliphatic carbocycles. The average Bonchev–Trinajstić information content (AvgIpc) is 2.61. The summed E-state index contributed by atoms with van der Waals surface area (Å²) < 4.78 is 34.1. The van der Waals surface area contributed by atoms with Gasteiger partial charge in [-0.05, 0) is 38.5 Å². The van der Waals surface area contributed by atoms with E-state index >= 15 is 0 Å². The Bertz CT molecular complexity index is 516. The van der Waals surface area contributed by atoms with Gasteiger partial charge in [-0.25, -0.2) is 8.42 Å². The summed E-state index contributed by atoms with van der Waals surface area (Å²) in [4.78, 5) is 6.53. The summed E-state index contributed by atoms with van der Waals surface area (Å²) in [6, 6.07) is 0. The fourth-order valence-electron chi connectivity index (χ4n) is 3.28. The van der Waals surface area contributed by atoms with Gasteiger partial charge in [0, 0.05) is 39.5 Å². The zero-order valence-corrected chi connectivity index (χ0v) is 19.1. The van der Waals surface area contributed by atoms with Gasteiger partial charge in [0.15, 0.2) is 5.96 Å². The smallest absolute Gasteiger partial charge is 0.193 e. The predicted molar refractivity (Wildman–Crippen MR) is 115 cm³/mol. The number of piperidine rings is 1. The van der Waals surface area contributed by atoms with Crippen LogP contribution < -0.4 is 5.32 Å². The first-order valence-electron chi connectivity index (χ1n) is 9.34. The lowest BCUT2D eigenvalue weighted by molar-refractivity contribution is -0.0721. The van der Waals surface area contributed by atoms with E-state index < -0.39 is 9.84 Å². The normalized spacial score (nSPS) is 22.8. The van der Waals surface area contributed by atoms with Crippen molar-refractivity contribution in [2.45, 2.75) is 50.7 Å². The number of sulfone groups is 1. The van der Waals surface area contributed by atoms with Crippen molar-refractivity contribution in [3.05, 3.63) is 0 Å². The minimum Gasteiger partial charge on any atom is -0.376 e. The van der Waals surface area contributed by atoms with Crippen LogP contribution in [0.15, 0.2) is 4.99 Å². The van der Waals surface area contributed by atoms with Crippen molar-refractivity contribution in [2.24, 2.45) is 4.99 Å². The molecular formula is C17H34IN3O4S. The Morgan fingerprint density at radius 3 is 2.58 bits per heavy atom. The van der Waals surface area contributed by atoms with Crippen LogP contribution in [-0.2, 0) is 19.3 Å². The summed E-state index contributed by atoms with van der Waals surface area (Å²) in [6.45, 7) is 4.01. The molecule has 2 aliphatic heterocycles. The number of guanidine groups is 1. The van der Waals surface area contributed by atoms with Gasteiger partial charge < -0.3 is 19.7 Å². The molecule has 2 heterocycles. The number of rotatable bonds is 7. The van der Waals surface area contributed by atoms with Gasteiger partial charge >= 0.3 is 0 Å². The van der Waals surface area contributed by atoms with E-state index in [1.54, 1.807) is 7.05 Å². The molecule has 0 spiro atoms. The summed E-state index contributed by atoms with van der Waals surface area (Å²) in [5.74, 6) is 1.05. The van der Waals surface area contributed by atoms with Crippen LogP contribution in [0.3, 0.4) is 0 Å². The molecule has 0 aromatic rings. The number of halogens is 1. The first kappa shape index (κ1) is 23.9. The Labute approximate surface area is 175 Å². The minimum absolute atomic E-state index is 0. The Balaban J connectivity index is 0.00000338. The minimum atomic E-state index is -2.90. The standard InChI is InChI=1S/C17H33N3O4S.HI/c1-18-17(19-9-5-13-25(2,21)22)20-10-7-15(8-11-20)24-14-16-6-3-4-12-23-16;/h15-16H,3-14H2,1-2H3,(H,18,19);1H. The molecule has 0 saturated carbocycles. The molecule has 2 fully saturated rings. The highest BCUT2D eigenvalue weighted by Gasteiger charge is 2.23. The van der Waals surface area contributed by atoms with Gasteiger partial charge in [0.05, 0.1) is 24.6 Å². The SMILES string of the molecule is CN=C(NCCCS(C)(=O)=O)N1CCC(OCC2CCCCO2)CC1.I. The molecule has 0 radical (unpaired) electrons. The summed E-state index contributed by atoms with van der Waals surface area (Å²) in [7, 11) is -1.13. The van der Waals surface area contributed by atoms with Crippen LogP contribution in [0.1, 0.15) is 38.5 Å². The van der Waals surface area contributed by atoms with Crippen LogP contribution in [0.5, 0.6) is 0 Å². The van der Waals surface area contributed by atoms with E-state index in [9.17, 15) is 8.42 Å². The van der Waals surface area contributed by atoms with Crippen molar-refractivity contribution in [2.75, 3.05) is 51.9 Å². The van der Waals surface area contributed by atoms with Gasteiger partial charge in [0.2, 0.25) is 0 Å². The lowest BCUT2D eigenvalue weighted by Gasteiger charge is -2.35. The van der Waals surface area contributed by atoms with Crippen LogP contribution >= 0.6 is 24.0 Å². The van der Waals surface area contributed by atoms with Gasteiger partial charge in [-0.2, -0.15) is 0 Å². The molecule has 26 heavy (non-hydrogen) atoms. The first-order valence-corrected chi connectivity index (χ1v) is 11.4. The number of hydrogen-bond acceptors (Lipinski definition) is 5. The van der Waals surface area contributed by atoms with Gasteiger partial charge in [0.1, 0.15) is 9.84 Å². The van der Waals surface area contributed by atoms with Gasteiger partial charge in [-0.15, -0.1) is 24.0 Å². The third-order valence-electron chi connectivity index (χ3n) is 4.72. The zero-order valence-electron chi connectivity index (χ0n) is 16.0. The second-order valence-corrected chi connectivity index (χ2v) is 9.23. The van der Waals surface area contributed by atoms with Crippen LogP contribution in [0.25, 0.3) is 0 Å². The Morgan fingerprint density at radius 2 is 2.00 bits per heavy atom. The molecule has 2 saturated heterocycles. The molecule has 9 heteroatoms. The second-order valence-electron chi connectivity index (χ2n) is 6.97. The maximum atomic E-state index is 11.2. The first-order chi connectivity index (χ1) is 12.0. The molecule has 1 atom stereocenters. The van der Waals surface area contributed by atoms with E-state index in [4.69, 9.17) is 9.47 Å². The zero-order chi connectivity index (χ0) is 18.1. The summed E-state index contributed by atoms with van der Waals surface area (Å²) in [5, 5.41) is 3.26. The lowest BCUT2D eigenvalue weighted by Crippen LogP contribution is -2.47. The van der Waals surface area contributed by atoms with Crippen LogP contribution in [0.4, 0.5) is 0 Å². The van der Waals surface area contributed by atoms with E-state index in [0.717, 1.165) is 44.9 Å². The van der Waals surface area contributed by atoms with Gasteiger partial charge in [-0.1, -0.05) is 0 Å². The molecule has 2 rings (SSSR count). The summed E-state index contributed by atoms with van der Waals surface area (Å²) in [6.07, 6.45) is 7.93. The molecule has 1 N–H and O–H groups in total. The monoisotopic (exact) mass is 503 g/mol. The van der Waals surface area contributed by atoms with Crippen LogP contribution in [0.2, 0.25) is 0 Å². The van der Waals surface area contributed by atoms with Gasteiger partial charge in [0.25, 0.3) is 0 Å². The van der Waals surface area contributed by atoms with E-state index in [-0.39, 0.29) is 35.8 Å². The number of likely N-dealkylation sites (tertiary alicyclic amines) is 1. The molecule has 0 amide bonds. The van der Waals surface area contributed by atoms with E-state index in [2.05, 4.69) is 15.2 Å². The van der Waals surface area contributed by atoms with Crippen molar-refractivity contribution >= 4 is 39.8 Å². The molecular weight excluding hydrogens is 469 g/mol. The highest BCUT2D eigenvalue weighted by atomic mass is 127. The quantitative estimate of drug-likeness (QED) is 0.247. The fourth-order valence-corrected chi connectivity index (χ4v) is 3.95. The fraction of sp³-hybridized carbons (Fsp3) is 0.941. The van der Waals surface area contributed by atoms with Crippen molar-refractivity contribution < 1.29 is 17.9 Å². The molecule has 0 bridgehead atoms. The maximum absolute atomic E-state index is 11.2. The molecule has 154 valence electrons. The molecule has 0 aromatic heterocycles. The number of hydrogen-bond donors (Lipinski definition) is 1. The largest absolute Gasteiger partial charge is 0.376 e. The highest BCUT2D eigenvalue weighted by Crippen LogP contribution is 2.17. The third kappa shape index (κ3) is 9.18. The van der Waals surface area contributed by atoms with E-state index in [0.29, 0.717) is 25.7 Å². The Kier molecular flexibility index (Phi) is 11.4. The predicted octanol–water partition coefficient (Wildman–Crippen LogP) is 1.66. The Morgan fingerprint density at radius 1 is 1.27 bits per heavy atom. The molecule has 1 unspecified atom stereocenters. The third-order valence-corrected chi connectivity index (χ3v) is 5.75. The van der Waals surface area contributed by atoms with E-state index in [1.165, 1.54) is 19.1 Å². The molecule has 2 aliphatic rings.